The van der Waals surface area contributed by atoms with Gasteiger partial charge in [-0.2, -0.15) is 0 Å². The quantitative estimate of drug-likeness (QED) is 0.708. The van der Waals surface area contributed by atoms with Crippen LogP contribution in [0.15, 0.2) is 30.7 Å². The largest absolute Gasteiger partial charge is 0.395 e. The predicted molar refractivity (Wildman–Crippen MR) is 69.4 cm³/mol. The molecule has 0 spiro atoms. The Bertz CT molecular complexity index is 594. The topological polar surface area (TPSA) is 90.9 Å². The number of pyridine rings is 1. The number of hydrogen-bond donors (Lipinski definition) is 3. The number of amides is 1. The summed E-state index contributed by atoms with van der Waals surface area (Å²) in [6.45, 7) is 0.0318. The van der Waals surface area contributed by atoms with Gasteiger partial charge in [0.1, 0.15) is 5.69 Å². The van der Waals surface area contributed by atoms with Crippen molar-refractivity contribution in [3.63, 3.8) is 0 Å². The van der Waals surface area contributed by atoms with Crippen molar-refractivity contribution in [3.8, 4) is 11.8 Å². The van der Waals surface area contributed by atoms with Gasteiger partial charge in [-0.3, -0.25) is 10.1 Å². The summed E-state index contributed by atoms with van der Waals surface area (Å²) in [4.78, 5) is 22.5. The van der Waals surface area contributed by atoms with E-state index in [0.717, 1.165) is 0 Å². The van der Waals surface area contributed by atoms with Crippen LogP contribution < -0.4 is 5.32 Å². The number of carbonyl (C=O) groups excluding carboxylic acids is 1. The van der Waals surface area contributed by atoms with E-state index in [-0.39, 0.29) is 18.2 Å². The molecule has 2 heterocycles. The molecule has 0 fully saturated rings. The van der Waals surface area contributed by atoms with Crippen LogP contribution in [0.3, 0.4) is 0 Å². The zero-order valence-corrected chi connectivity index (χ0v) is 10.1. The summed E-state index contributed by atoms with van der Waals surface area (Å²) >= 11 is 0. The Kier molecular flexibility index (Phi) is 4.26. The van der Waals surface area contributed by atoms with Crippen molar-refractivity contribution in [1.82, 2.24) is 15.0 Å². The van der Waals surface area contributed by atoms with E-state index >= 15 is 0 Å². The molecule has 2 aromatic heterocycles. The number of H-pyrrole nitrogens is 1. The molecule has 0 unspecified atom stereocenters. The standard InChI is InChI=1S/C13H12N4O2/c18-8-2-1-3-10-4-5-11(16-9-10)12(19)17-13-14-6-7-15-13/h4-7,9,18H,2,8H2,(H2,14,15,17,19). The Hall–Kier alpha value is -2.65. The summed E-state index contributed by atoms with van der Waals surface area (Å²) in [6, 6.07) is 3.29. The number of carbonyl (C=O) groups is 1. The fourth-order valence-electron chi connectivity index (χ4n) is 1.33. The third-order valence-corrected chi connectivity index (χ3v) is 2.20. The van der Waals surface area contributed by atoms with Gasteiger partial charge in [0.05, 0.1) is 6.61 Å². The first-order valence-electron chi connectivity index (χ1n) is 5.66. The number of aliphatic hydroxyl groups excluding tert-OH is 1. The third kappa shape index (κ3) is 3.66. The lowest BCUT2D eigenvalue weighted by Crippen LogP contribution is -2.14. The minimum absolute atomic E-state index is 0.0318. The molecule has 0 aliphatic heterocycles. The average Bonchev–Trinajstić information content (AvgIpc) is 2.93. The fraction of sp³-hybridized carbons (Fsp3) is 0.154. The van der Waals surface area contributed by atoms with Crippen molar-refractivity contribution in [1.29, 1.82) is 0 Å². The molecule has 6 nitrogen and oxygen atoms in total. The number of aromatic nitrogens is 3. The van der Waals surface area contributed by atoms with Gasteiger partial charge in [0.15, 0.2) is 0 Å². The first-order chi connectivity index (χ1) is 9.29. The normalized spacial score (nSPS) is 9.53. The highest BCUT2D eigenvalue weighted by molar-refractivity contribution is 6.01. The van der Waals surface area contributed by atoms with Gasteiger partial charge >= 0.3 is 0 Å². The van der Waals surface area contributed by atoms with Gasteiger partial charge in [-0.1, -0.05) is 11.8 Å². The summed E-state index contributed by atoms with van der Waals surface area (Å²) in [6.07, 6.45) is 5.09. The Morgan fingerprint density at radius 2 is 2.32 bits per heavy atom. The van der Waals surface area contributed by atoms with Crippen molar-refractivity contribution in [2.45, 2.75) is 6.42 Å². The van der Waals surface area contributed by atoms with Crippen molar-refractivity contribution in [2.75, 3.05) is 11.9 Å². The molecule has 0 saturated heterocycles. The molecule has 3 N–H and O–H groups in total. The molecular weight excluding hydrogens is 244 g/mol. The zero-order chi connectivity index (χ0) is 13.5. The van der Waals surface area contributed by atoms with Crippen molar-refractivity contribution < 1.29 is 9.90 Å². The van der Waals surface area contributed by atoms with Crippen LogP contribution in [0.4, 0.5) is 5.95 Å². The van der Waals surface area contributed by atoms with Crippen LogP contribution in [0.25, 0.3) is 0 Å². The molecule has 2 rings (SSSR count). The molecule has 0 aliphatic carbocycles. The van der Waals surface area contributed by atoms with Crippen molar-refractivity contribution >= 4 is 11.9 Å². The van der Waals surface area contributed by atoms with Gasteiger partial charge in [0.2, 0.25) is 5.95 Å². The molecule has 2 aromatic rings. The minimum Gasteiger partial charge on any atom is -0.395 e. The second kappa shape index (κ2) is 6.33. The molecule has 0 aromatic carbocycles. The van der Waals surface area contributed by atoms with E-state index in [0.29, 0.717) is 17.9 Å². The first kappa shape index (κ1) is 12.8. The number of rotatable bonds is 3. The van der Waals surface area contributed by atoms with E-state index in [1.165, 1.54) is 6.20 Å². The third-order valence-electron chi connectivity index (χ3n) is 2.20. The number of anilines is 1. The summed E-state index contributed by atoms with van der Waals surface area (Å²) in [5.74, 6) is 5.65. The summed E-state index contributed by atoms with van der Waals surface area (Å²) < 4.78 is 0. The number of hydrogen-bond acceptors (Lipinski definition) is 4. The van der Waals surface area contributed by atoms with Crippen LogP contribution in [-0.2, 0) is 0 Å². The SMILES string of the molecule is O=C(Nc1ncc[nH]1)c1ccc(C#CCCO)cn1. The average molecular weight is 256 g/mol. The molecule has 0 aliphatic rings. The lowest BCUT2D eigenvalue weighted by atomic mass is 10.2. The van der Waals surface area contributed by atoms with E-state index in [2.05, 4.69) is 32.1 Å². The Morgan fingerprint density at radius 3 is 2.95 bits per heavy atom. The highest BCUT2D eigenvalue weighted by Gasteiger charge is 2.08. The van der Waals surface area contributed by atoms with Gasteiger partial charge in [0.25, 0.3) is 5.91 Å². The van der Waals surface area contributed by atoms with Gasteiger partial charge in [0, 0.05) is 30.6 Å². The van der Waals surface area contributed by atoms with E-state index in [4.69, 9.17) is 5.11 Å². The maximum absolute atomic E-state index is 11.8. The number of aromatic amines is 1. The van der Waals surface area contributed by atoms with Gasteiger partial charge in [-0.05, 0) is 12.1 Å². The van der Waals surface area contributed by atoms with Crippen molar-refractivity contribution in [3.05, 3.63) is 42.0 Å². The molecule has 0 saturated carbocycles. The van der Waals surface area contributed by atoms with Crippen molar-refractivity contribution in [2.24, 2.45) is 0 Å². The number of imidazole rings is 1. The number of nitrogens with one attached hydrogen (secondary N) is 2. The van der Waals surface area contributed by atoms with E-state index < -0.39 is 0 Å². The number of nitrogens with zero attached hydrogens (tertiary/aromatic N) is 2. The van der Waals surface area contributed by atoms with Gasteiger partial charge in [-0.15, -0.1) is 0 Å². The highest BCUT2D eigenvalue weighted by Crippen LogP contribution is 2.03. The Labute approximate surface area is 109 Å². The highest BCUT2D eigenvalue weighted by atomic mass is 16.2. The van der Waals surface area contributed by atoms with Gasteiger partial charge < -0.3 is 10.1 Å². The van der Waals surface area contributed by atoms with E-state index in [9.17, 15) is 4.79 Å². The number of aliphatic hydroxyl groups is 1. The summed E-state index contributed by atoms with van der Waals surface area (Å²) in [7, 11) is 0. The van der Waals surface area contributed by atoms with Gasteiger partial charge in [-0.25, -0.2) is 9.97 Å². The fourth-order valence-corrected chi connectivity index (χ4v) is 1.33. The lowest BCUT2D eigenvalue weighted by Gasteiger charge is -2.00. The van der Waals surface area contributed by atoms with Crippen LogP contribution in [-0.4, -0.2) is 32.6 Å². The maximum atomic E-state index is 11.8. The smallest absolute Gasteiger partial charge is 0.276 e. The maximum Gasteiger partial charge on any atom is 0.276 e. The zero-order valence-electron chi connectivity index (χ0n) is 10.1. The Balaban J connectivity index is 2.02. The molecule has 0 atom stereocenters. The molecule has 96 valence electrons. The van der Waals surface area contributed by atoms with Crippen LogP contribution in [0.5, 0.6) is 0 Å². The first-order valence-corrected chi connectivity index (χ1v) is 5.66. The van der Waals surface area contributed by atoms with Crippen LogP contribution in [0, 0.1) is 11.8 Å². The molecule has 6 heteroatoms. The molecular formula is C13H12N4O2. The monoisotopic (exact) mass is 256 g/mol. The van der Waals surface area contributed by atoms with Crippen LogP contribution in [0.1, 0.15) is 22.5 Å². The molecule has 19 heavy (non-hydrogen) atoms. The lowest BCUT2D eigenvalue weighted by molar-refractivity contribution is 0.102. The molecule has 1 amide bonds. The van der Waals surface area contributed by atoms with E-state index in [1.54, 1.807) is 24.5 Å². The summed E-state index contributed by atoms with van der Waals surface area (Å²) in [5, 5.41) is 11.2. The van der Waals surface area contributed by atoms with Crippen LogP contribution in [0.2, 0.25) is 0 Å². The van der Waals surface area contributed by atoms with Crippen LogP contribution >= 0.6 is 0 Å². The second-order valence-electron chi connectivity index (χ2n) is 3.60. The van der Waals surface area contributed by atoms with E-state index in [1.807, 2.05) is 0 Å². The molecule has 0 bridgehead atoms. The molecule has 0 radical (unpaired) electrons. The predicted octanol–water partition coefficient (Wildman–Crippen LogP) is 0.791. The Morgan fingerprint density at radius 1 is 1.42 bits per heavy atom. The second-order valence-corrected chi connectivity index (χ2v) is 3.60. The summed E-state index contributed by atoms with van der Waals surface area (Å²) in [5.41, 5.74) is 0.979. The minimum atomic E-state index is -0.343.